The summed E-state index contributed by atoms with van der Waals surface area (Å²) in [5.41, 5.74) is 0. The van der Waals surface area contributed by atoms with Gasteiger partial charge in [-0.3, -0.25) is 0 Å². The Kier molecular flexibility index (Phi) is 1.26. The number of rotatable bonds is 1. The minimum Gasteiger partial charge on any atom is -0.334 e. The molecule has 0 amide bonds. The Bertz CT molecular complexity index is 197. The van der Waals surface area contributed by atoms with E-state index in [2.05, 4.69) is 22.7 Å². The lowest BCUT2D eigenvalue weighted by Gasteiger charge is -2.33. The summed E-state index contributed by atoms with van der Waals surface area (Å²) in [5.74, 6) is 0.924. The largest absolute Gasteiger partial charge is 0.334 e. The second kappa shape index (κ2) is 2.11. The molecule has 0 bridgehead atoms. The van der Waals surface area contributed by atoms with Gasteiger partial charge in [-0.25, -0.2) is 4.98 Å². The Balaban J connectivity index is 2.04. The summed E-state index contributed by atoms with van der Waals surface area (Å²) in [4.78, 5) is 4.01. The number of aromatic nitrogens is 2. The lowest BCUT2D eigenvalue weighted by molar-refractivity contribution is 0.216. The fourth-order valence-corrected chi connectivity index (χ4v) is 1.59. The van der Waals surface area contributed by atoms with Crippen LogP contribution < -0.4 is 0 Å². The van der Waals surface area contributed by atoms with E-state index in [0.717, 1.165) is 12.0 Å². The Labute approximate surface area is 60.9 Å². The summed E-state index contributed by atoms with van der Waals surface area (Å²) >= 11 is 0. The van der Waals surface area contributed by atoms with Gasteiger partial charge in [-0.15, -0.1) is 0 Å². The average Bonchev–Trinajstić information content (AvgIpc) is 2.31. The third-order valence-electron chi connectivity index (χ3n) is 2.30. The van der Waals surface area contributed by atoms with E-state index in [0.29, 0.717) is 0 Å². The first-order valence-electron chi connectivity index (χ1n) is 3.83. The van der Waals surface area contributed by atoms with Crippen LogP contribution in [-0.2, 0) is 0 Å². The van der Waals surface area contributed by atoms with Crippen LogP contribution in [0.15, 0.2) is 18.7 Å². The molecule has 0 aliphatic heterocycles. The summed E-state index contributed by atoms with van der Waals surface area (Å²) in [6, 6.07) is 0.748. The molecule has 0 N–H and O–H groups in total. The maximum atomic E-state index is 4.01. The van der Waals surface area contributed by atoms with Crippen LogP contribution in [0.3, 0.4) is 0 Å². The van der Waals surface area contributed by atoms with Gasteiger partial charge in [-0.2, -0.15) is 0 Å². The fourth-order valence-electron chi connectivity index (χ4n) is 1.59. The summed E-state index contributed by atoms with van der Waals surface area (Å²) < 4.78 is 2.21. The lowest BCUT2D eigenvalue weighted by atomic mass is 9.82. The van der Waals surface area contributed by atoms with Crippen LogP contribution in [0.1, 0.15) is 25.8 Å². The molecule has 1 saturated carbocycles. The van der Waals surface area contributed by atoms with E-state index in [4.69, 9.17) is 0 Å². The van der Waals surface area contributed by atoms with E-state index >= 15 is 0 Å². The highest BCUT2D eigenvalue weighted by molar-refractivity contribution is 4.87. The highest BCUT2D eigenvalue weighted by atomic mass is 15.1. The lowest BCUT2D eigenvalue weighted by Crippen LogP contribution is -2.23. The molecule has 2 nitrogen and oxygen atoms in total. The molecule has 0 unspecified atom stereocenters. The van der Waals surface area contributed by atoms with E-state index in [9.17, 15) is 0 Å². The van der Waals surface area contributed by atoms with Gasteiger partial charge < -0.3 is 4.57 Å². The first-order valence-corrected chi connectivity index (χ1v) is 3.83. The van der Waals surface area contributed by atoms with Gasteiger partial charge in [0.05, 0.1) is 6.33 Å². The molecular weight excluding hydrogens is 124 g/mol. The second-order valence-electron chi connectivity index (χ2n) is 3.24. The third-order valence-corrected chi connectivity index (χ3v) is 2.30. The third kappa shape index (κ3) is 0.838. The SMILES string of the molecule is CC1CC(n2ccnc2)C1. The predicted molar refractivity (Wildman–Crippen MR) is 39.7 cm³/mol. The van der Waals surface area contributed by atoms with Gasteiger partial charge in [0.25, 0.3) is 0 Å². The van der Waals surface area contributed by atoms with E-state index in [1.807, 2.05) is 12.5 Å². The van der Waals surface area contributed by atoms with Crippen molar-refractivity contribution in [2.24, 2.45) is 5.92 Å². The monoisotopic (exact) mass is 136 g/mol. The summed E-state index contributed by atoms with van der Waals surface area (Å²) in [7, 11) is 0. The zero-order valence-electron chi connectivity index (χ0n) is 6.20. The van der Waals surface area contributed by atoms with Gasteiger partial charge in [0.1, 0.15) is 0 Å². The quantitative estimate of drug-likeness (QED) is 0.576. The zero-order chi connectivity index (χ0) is 6.97. The molecule has 1 aromatic rings. The van der Waals surface area contributed by atoms with Crippen molar-refractivity contribution in [1.82, 2.24) is 9.55 Å². The Morgan fingerprint density at radius 3 is 2.80 bits per heavy atom. The van der Waals surface area contributed by atoms with Crippen molar-refractivity contribution < 1.29 is 0 Å². The van der Waals surface area contributed by atoms with Crippen LogP contribution in [-0.4, -0.2) is 9.55 Å². The number of nitrogens with zero attached hydrogens (tertiary/aromatic N) is 2. The van der Waals surface area contributed by atoms with Gasteiger partial charge in [-0.05, 0) is 18.8 Å². The molecule has 1 fully saturated rings. The minimum atomic E-state index is 0.748. The molecule has 1 aliphatic rings. The first kappa shape index (κ1) is 5.96. The Morgan fingerprint density at radius 1 is 1.50 bits per heavy atom. The average molecular weight is 136 g/mol. The van der Waals surface area contributed by atoms with Crippen molar-refractivity contribution in [2.75, 3.05) is 0 Å². The smallest absolute Gasteiger partial charge is 0.0948 e. The standard InChI is InChI=1S/C8H12N2/c1-7-4-8(5-7)10-3-2-9-6-10/h2-3,6-8H,4-5H2,1H3. The number of hydrogen-bond acceptors (Lipinski definition) is 1. The molecule has 1 aromatic heterocycles. The normalized spacial score (nSPS) is 31.7. The molecule has 1 aliphatic carbocycles. The number of imidazole rings is 1. The zero-order valence-corrected chi connectivity index (χ0v) is 6.20. The highest BCUT2D eigenvalue weighted by Crippen LogP contribution is 2.36. The minimum absolute atomic E-state index is 0.748. The van der Waals surface area contributed by atoms with Crippen LogP contribution in [0.2, 0.25) is 0 Å². The van der Waals surface area contributed by atoms with Gasteiger partial charge >= 0.3 is 0 Å². The van der Waals surface area contributed by atoms with E-state index in [-0.39, 0.29) is 0 Å². The van der Waals surface area contributed by atoms with Crippen LogP contribution in [0.4, 0.5) is 0 Å². The van der Waals surface area contributed by atoms with Gasteiger partial charge in [-0.1, -0.05) is 6.92 Å². The second-order valence-corrected chi connectivity index (χ2v) is 3.24. The highest BCUT2D eigenvalue weighted by Gasteiger charge is 2.25. The Hall–Kier alpha value is -0.790. The van der Waals surface area contributed by atoms with Crippen molar-refractivity contribution in [3.05, 3.63) is 18.7 Å². The molecule has 0 spiro atoms. The fraction of sp³-hybridized carbons (Fsp3) is 0.625. The maximum Gasteiger partial charge on any atom is 0.0948 e. The van der Waals surface area contributed by atoms with E-state index in [1.165, 1.54) is 12.8 Å². The number of hydrogen-bond donors (Lipinski definition) is 0. The Morgan fingerprint density at radius 2 is 2.30 bits per heavy atom. The van der Waals surface area contributed by atoms with Crippen molar-refractivity contribution in [3.63, 3.8) is 0 Å². The molecule has 0 saturated heterocycles. The van der Waals surface area contributed by atoms with Crippen LogP contribution in [0.5, 0.6) is 0 Å². The van der Waals surface area contributed by atoms with Gasteiger partial charge in [0.2, 0.25) is 0 Å². The summed E-state index contributed by atoms with van der Waals surface area (Å²) in [6.45, 7) is 2.30. The molecule has 0 aromatic carbocycles. The van der Waals surface area contributed by atoms with Crippen LogP contribution >= 0.6 is 0 Å². The van der Waals surface area contributed by atoms with Gasteiger partial charge in [0, 0.05) is 18.4 Å². The summed E-state index contributed by atoms with van der Waals surface area (Å²) in [6.07, 6.45) is 8.48. The van der Waals surface area contributed by atoms with Crippen molar-refractivity contribution in [1.29, 1.82) is 0 Å². The molecule has 10 heavy (non-hydrogen) atoms. The van der Waals surface area contributed by atoms with Crippen molar-refractivity contribution in [2.45, 2.75) is 25.8 Å². The molecule has 0 radical (unpaired) electrons. The van der Waals surface area contributed by atoms with Crippen LogP contribution in [0.25, 0.3) is 0 Å². The maximum absolute atomic E-state index is 4.01. The molecule has 1 heterocycles. The topological polar surface area (TPSA) is 17.8 Å². The molecule has 2 rings (SSSR count). The first-order chi connectivity index (χ1) is 4.86. The van der Waals surface area contributed by atoms with Gasteiger partial charge in [0.15, 0.2) is 0 Å². The van der Waals surface area contributed by atoms with Crippen molar-refractivity contribution >= 4 is 0 Å². The van der Waals surface area contributed by atoms with Crippen molar-refractivity contribution in [3.8, 4) is 0 Å². The van der Waals surface area contributed by atoms with Crippen LogP contribution in [0, 0.1) is 5.92 Å². The predicted octanol–water partition coefficient (Wildman–Crippen LogP) is 1.85. The summed E-state index contributed by atoms with van der Waals surface area (Å²) in [5, 5.41) is 0. The molecule has 2 heteroatoms. The van der Waals surface area contributed by atoms with E-state index in [1.54, 1.807) is 0 Å². The molecule has 54 valence electrons. The molecular formula is C8H12N2. The molecule has 0 atom stereocenters. The van der Waals surface area contributed by atoms with E-state index < -0.39 is 0 Å².